The van der Waals surface area contributed by atoms with Crippen LogP contribution < -0.4 is 24.4 Å². The predicted octanol–water partition coefficient (Wildman–Crippen LogP) is 1.86. The summed E-state index contributed by atoms with van der Waals surface area (Å²) in [6.45, 7) is 2.44. The van der Waals surface area contributed by atoms with E-state index in [0.717, 1.165) is 0 Å². The fourth-order valence-electron chi connectivity index (χ4n) is 2.79. The third-order valence-corrected chi connectivity index (χ3v) is 4.27. The number of aromatic nitrogens is 2. The van der Waals surface area contributed by atoms with E-state index < -0.39 is 0 Å². The van der Waals surface area contributed by atoms with E-state index in [2.05, 4.69) is 20.2 Å². The predicted molar refractivity (Wildman–Crippen MR) is 101 cm³/mol. The number of anilines is 2. The van der Waals surface area contributed by atoms with E-state index in [1.54, 1.807) is 31.3 Å². The van der Waals surface area contributed by atoms with Crippen LogP contribution in [0.15, 0.2) is 30.3 Å². The topological polar surface area (TPSA) is 89.1 Å². The summed E-state index contributed by atoms with van der Waals surface area (Å²) in [5.74, 6) is 1.85. The number of carbonyl (C=O) groups is 1. The van der Waals surface area contributed by atoms with E-state index in [1.165, 1.54) is 7.11 Å². The number of nitrogens with zero attached hydrogens (tertiary/aromatic N) is 4. The Kier molecular flexibility index (Phi) is 5.80. The Bertz CT molecular complexity index is 771. The van der Waals surface area contributed by atoms with Crippen molar-refractivity contribution in [2.24, 2.45) is 0 Å². The molecule has 1 aliphatic rings. The zero-order chi connectivity index (χ0) is 19.2. The molecule has 3 rings (SSSR count). The third kappa shape index (κ3) is 4.49. The van der Waals surface area contributed by atoms with Crippen LogP contribution in [0.5, 0.6) is 17.6 Å². The highest BCUT2D eigenvalue weighted by Crippen LogP contribution is 2.22. The number of ether oxygens (including phenoxy) is 3. The summed E-state index contributed by atoms with van der Waals surface area (Å²) < 4.78 is 15.5. The molecule has 0 atom stereocenters. The first-order valence-electron chi connectivity index (χ1n) is 8.55. The number of carbonyl (C=O) groups excluding carboxylic acids is 1. The van der Waals surface area contributed by atoms with Crippen LogP contribution in [0.1, 0.15) is 0 Å². The second kappa shape index (κ2) is 8.43. The van der Waals surface area contributed by atoms with Gasteiger partial charge < -0.3 is 29.3 Å². The Balaban J connectivity index is 1.60. The van der Waals surface area contributed by atoms with E-state index in [-0.39, 0.29) is 12.0 Å². The lowest BCUT2D eigenvalue weighted by Gasteiger charge is -2.35. The molecular weight excluding hydrogens is 350 g/mol. The number of urea groups is 1. The smallest absolute Gasteiger partial charge is 0.321 e. The summed E-state index contributed by atoms with van der Waals surface area (Å²) >= 11 is 0. The van der Waals surface area contributed by atoms with Gasteiger partial charge in [-0.1, -0.05) is 6.07 Å². The van der Waals surface area contributed by atoms with Gasteiger partial charge in [-0.05, 0) is 12.1 Å². The first-order chi connectivity index (χ1) is 13.1. The maximum absolute atomic E-state index is 12.5. The minimum Gasteiger partial charge on any atom is -0.497 e. The van der Waals surface area contributed by atoms with Gasteiger partial charge in [0.1, 0.15) is 11.6 Å². The molecule has 0 saturated carbocycles. The molecule has 1 aromatic heterocycles. The van der Waals surface area contributed by atoms with Crippen LogP contribution >= 0.6 is 0 Å². The van der Waals surface area contributed by atoms with Crippen molar-refractivity contribution in [1.82, 2.24) is 14.9 Å². The Morgan fingerprint density at radius 2 is 1.78 bits per heavy atom. The van der Waals surface area contributed by atoms with Crippen LogP contribution in [0.4, 0.5) is 16.3 Å². The van der Waals surface area contributed by atoms with Crippen molar-refractivity contribution >= 4 is 17.5 Å². The average Bonchev–Trinajstić information content (AvgIpc) is 2.73. The van der Waals surface area contributed by atoms with Crippen molar-refractivity contribution in [3.05, 3.63) is 30.3 Å². The van der Waals surface area contributed by atoms with Crippen LogP contribution in [0, 0.1) is 0 Å². The Hall–Kier alpha value is -3.23. The maximum Gasteiger partial charge on any atom is 0.321 e. The molecule has 144 valence electrons. The molecule has 0 spiro atoms. The van der Waals surface area contributed by atoms with Gasteiger partial charge in [-0.15, -0.1) is 0 Å². The monoisotopic (exact) mass is 373 g/mol. The zero-order valence-electron chi connectivity index (χ0n) is 15.6. The maximum atomic E-state index is 12.5. The number of benzene rings is 1. The molecule has 9 nitrogen and oxygen atoms in total. The Morgan fingerprint density at radius 1 is 1.00 bits per heavy atom. The summed E-state index contributed by atoms with van der Waals surface area (Å²) in [5, 5.41) is 2.90. The molecule has 0 unspecified atom stereocenters. The van der Waals surface area contributed by atoms with E-state index in [4.69, 9.17) is 14.2 Å². The van der Waals surface area contributed by atoms with Crippen molar-refractivity contribution in [3.8, 4) is 17.6 Å². The van der Waals surface area contributed by atoms with Gasteiger partial charge >= 0.3 is 12.0 Å². The van der Waals surface area contributed by atoms with Crippen molar-refractivity contribution < 1.29 is 19.0 Å². The molecule has 1 aromatic carbocycles. The minimum atomic E-state index is -0.138. The van der Waals surface area contributed by atoms with Crippen LogP contribution in [-0.4, -0.2) is 68.4 Å². The molecule has 2 amide bonds. The minimum absolute atomic E-state index is 0.138. The fraction of sp³-hybridized carbons (Fsp3) is 0.389. The molecule has 1 aliphatic heterocycles. The van der Waals surface area contributed by atoms with Crippen LogP contribution in [0.3, 0.4) is 0 Å². The number of methoxy groups -OCH3 is 3. The van der Waals surface area contributed by atoms with Crippen LogP contribution in [-0.2, 0) is 0 Å². The Labute approximate surface area is 157 Å². The lowest BCUT2D eigenvalue weighted by Crippen LogP contribution is -2.50. The Morgan fingerprint density at radius 3 is 2.44 bits per heavy atom. The average molecular weight is 373 g/mol. The molecule has 1 fully saturated rings. The van der Waals surface area contributed by atoms with Crippen molar-refractivity contribution in [3.63, 3.8) is 0 Å². The fourth-order valence-corrected chi connectivity index (χ4v) is 2.79. The standard InChI is InChI=1S/C18H23N5O4/c1-25-14-6-4-5-13(11-14)19-18(24)23-9-7-22(8-10-23)15-12-16(26-2)21-17(20-15)27-3/h4-6,11-12H,7-10H2,1-3H3,(H,19,24). The molecule has 2 heterocycles. The van der Waals surface area contributed by atoms with Gasteiger partial charge in [0.05, 0.1) is 21.3 Å². The van der Waals surface area contributed by atoms with Crippen molar-refractivity contribution in [1.29, 1.82) is 0 Å². The van der Waals surface area contributed by atoms with Crippen molar-refractivity contribution in [2.45, 2.75) is 0 Å². The number of rotatable bonds is 5. The van der Waals surface area contributed by atoms with Gasteiger partial charge in [0.15, 0.2) is 0 Å². The summed E-state index contributed by atoms with van der Waals surface area (Å²) in [5.41, 5.74) is 0.701. The first kappa shape index (κ1) is 18.6. The van der Waals surface area contributed by atoms with Gasteiger partial charge in [0, 0.05) is 44.0 Å². The van der Waals surface area contributed by atoms with Crippen LogP contribution in [0.25, 0.3) is 0 Å². The number of amides is 2. The lowest BCUT2D eigenvalue weighted by atomic mass is 10.3. The SMILES string of the molecule is COc1cccc(NC(=O)N2CCN(c3cc(OC)nc(OC)n3)CC2)c1. The molecule has 9 heteroatoms. The number of hydrogen-bond donors (Lipinski definition) is 1. The van der Waals surface area contributed by atoms with E-state index in [1.807, 2.05) is 18.2 Å². The van der Waals surface area contributed by atoms with Gasteiger partial charge in [-0.25, -0.2) is 4.79 Å². The lowest BCUT2D eigenvalue weighted by molar-refractivity contribution is 0.208. The molecule has 1 saturated heterocycles. The van der Waals surface area contributed by atoms with Crippen LogP contribution in [0.2, 0.25) is 0 Å². The highest BCUT2D eigenvalue weighted by atomic mass is 16.5. The van der Waals surface area contributed by atoms with E-state index >= 15 is 0 Å². The van der Waals surface area contributed by atoms with Gasteiger partial charge in [0.25, 0.3) is 0 Å². The van der Waals surface area contributed by atoms with E-state index in [9.17, 15) is 4.79 Å². The van der Waals surface area contributed by atoms with Gasteiger partial charge in [-0.2, -0.15) is 9.97 Å². The number of nitrogens with one attached hydrogen (secondary N) is 1. The second-order valence-electron chi connectivity index (χ2n) is 5.89. The second-order valence-corrected chi connectivity index (χ2v) is 5.89. The summed E-state index contributed by atoms with van der Waals surface area (Å²) in [4.78, 5) is 24.8. The molecule has 1 N–H and O–H groups in total. The molecular formula is C18H23N5O4. The molecule has 0 bridgehead atoms. The van der Waals surface area contributed by atoms with E-state index in [0.29, 0.717) is 49.3 Å². The summed E-state index contributed by atoms with van der Waals surface area (Å²) in [7, 11) is 4.66. The quantitative estimate of drug-likeness (QED) is 0.856. The van der Waals surface area contributed by atoms with Gasteiger partial charge in [-0.3, -0.25) is 0 Å². The normalized spacial score (nSPS) is 13.9. The van der Waals surface area contributed by atoms with Gasteiger partial charge in [0.2, 0.25) is 5.88 Å². The highest BCUT2D eigenvalue weighted by Gasteiger charge is 2.23. The largest absolute Gasteiger partial charge is 0.497 e. The number of hydrogen-bond acceptors (Lipinski definition) is 7. The summed E-state index contributed by atoms with van der Waals surface area (Å²) in [6.07, 6.45) is 0. The third-order valence-electron chi connectivity index (χ3n) is 4.27. The highest BCUT2D eigenvalue weighted by molar-refractivity contribution is 5.89. The zero-order valence-corrected chi connectivity index (χ0v) is 15.6. The molecule has 0 aliphatic carbocycles. The molecule has 0 radical (unpaired) electrons. The summed E-state index contributed by atoms with van der Waals surface area (Å²) in [6, 6.07) is 9.16. The number of piperazine rings is 1. The van der Waals surface area contributed by atoms with Crippen molar-refractivity contribution in [2.75, 3.05) is 57.7 Å². The molecule has 27 heavy (non-hydrogen) atoms. The first-order valence-corrected chi connectivity index (χ1v) is 8.55. The molecule has 2 aromatic rings.